The van der Waals surface area contributed by atoms with Crippen LogP contribution in [0.1, 0.15) is 25.8 Å². The minimum Gasteiger partial charge on any atom is -0.480 e. The normalized spacial score (nSPS) is 13.3. The third-order valence-corrected chi connectivity index (χ3v) is 3.25. The van der Waals surface area contributed by atoms with Crippen molar-refractivity contribution in [1.29, 1.82) is 0 Å². The van der Waals surface area contributed by atoms with E-state index in [1.165, 1.54) is 6.92 Å². The number of ketones is 1. The number of aliphatic imine (C=N–C) groups is 1. The van der Waals surface area contributed by atoms with Crippen LogP contribution in [0.2, 0.25) is 0 Å². The number of carboxylic acid groups (broad SMARTS) is 1. The average molecular weight is 286 g/mol. The van der Waals surface area contributed by atoms with E-state index in [1.807, 2.05) is 30.5 Å². The number of benzene rings is 1. The maximum Gasteiger partial charge on any atom is 0.328 e. The SMILES string of the molecule is CC(=O)CC(C)=N[C@@H](Cc1c[nH]c2ccccc12)C(=O)O. The maximum atomic E-state index is 11.4. The minimum absolute atomic E-state index is 0.0208. The lowest BCUT2D eigenvalue weighted by molar-refractivity contribution is -0.138. The highest BCUT2D eigenvalue weighted by Crippen LogP contribution is 2.20. The number of H-pyrrole nitrogens is 1. The maximum absolute atomic E-state index is 11.4. The molecule has 0 amide bonds. The summed E-state index contributed by atoms with van der Waals surface area (Å²) in [5.41, 5.74) is 2.44. The van der Waals surface area contributed by atoms with Gasteiger partial charge in [-0.25, -0.2) is 4.79 Å². The van der Waals surface area contributed by atoms with E-state index >= 15 is 0 Å². The van der Waals surface area contributed by atoms with Crippen LogP contribution in [-0.4, -0.2) is 33.6 Å². The van der Waals surface area contributed by atoms with Crippen LogP contribution in [0, 0.1) is 0 Å². The Kier molecular flexibility index (Phi) is 4.52. The molecule has 2 aromatic rings. The van der Waals surface area contributed by atoms with Crippen LogP contribution in [0.4, 0.5) is 0 Å². The number of para-hydroxylation sites is 1. The van der Waals surface area contributed by atoms with E-state index in [9.17, 15) is 14.7 Å². The van der Waals surface area contributed by atoms with Gasteiger partial charge in [0.15, 0.2) is 6.04 Å². The van der Waals surface area contributed by atoms with Crippen molar-refractivity contribution in [3.05, 3.63) is 36.0 Å². The number of aromatic nitrogens is 1. The molecular weight excluding hydrogens is 268 g/mol. The number of carbonyl (C=O) groups is 2. The lowest BCUT2D eigenvalue weighted by atomic mass is 10.1. The van der Waals surface area contributed by atoms with Crippen molar-refractivity contribution in [2.75, 3.05) is 0 Å². The standard InChI is InChI=1S/C16H18N2O3/c1-10(7-11(2)19)18-15(16(20)21)8-12-9-17-14-6-4-3-5-13(12)14/h3-6,9,15,17H,7-8H2,1-2H3,(H,20,21)/t15-/m0/s1. The molecule has 0 spiro atoms. The Labute approximate surface area is 122 Å². The Morgan fingerprint density at radius 2 is 2.00 bits per heavy atom. The summed E-state index contributed by atoms with van der Waals surface area (Å²) in [6.07, 6.45) is 2.31. The van der Waals surface area contributed by atoms with Gasteiger partial charge in [-0.15, -0.1) is 0 Å². The topological polar surface area (TPSA) is 82.5 Å². The molecule has 1 heterocycles. The Hall–Kier alpha value is -2.43. The fourth-order valence-corrected chi connectivity index (χ4v) is 2.37. The zero-order valence-electron chi connectivity index (χ0n) is 12.1. The number of hydrogen-bond donors (Lipinski definition) is 2. The number of nitrogens with one attached hydrogen (secondary N) is 1. The van der Waals surface area contributed by atoms with E-state index < -0.39 is 12.0 Å². The van der Waals surface area contributed by atoms with Crippen LogP contribution < -0.4 is 0 Å². The summed E-state index contributed by atoms with van der Waals surface area (Å²) in [5.74, 6) is -1.00. The fourth-order valence-electron chi connectivity index (χ4n) is 2.37. The van der Waals surface area contributed by atoms with Crippen LogP contribution in [-0.2, 0) is 16.0 Å². The number of nitrogens with zero attached hydrogens (tertiary/aromatic N) is 1. The summed E-state index contributed by atoms with van der Waals surface area (Å²) in [4.78, 5) is 29.7. The number of carbonyl (C=O) groups excluding carboxylic acids is 1. The van der Waals surface area contributed by atoms with E-state index in [4.69, 9.17) is 0 Å². The van der Waals surface area contributed by atoms with Crippen LogP contribution >= 0.6 is 0 Å². The quantitative estimate of drug-likeness (QED) is 0.801. The summed E-state index contributed by atoms with van der Waals surface area (Å²) in [7, 11) is 0. The molecule has 0 saturated heterocycles. The second-order valence-electron chi connectivity index (χ2n) is 5.16. The van der Waals surface area contributed by atoms with Crippen LogP contribution in [0.3, 0.4) is 0 Å². The molecular formula is C16H18N2O3. The average Bonchev–Trinajstić information content (AvgIpc) is 2.80. The molecule has 0 radical (unpaired) electrons. The van der Waals surface area contributed by atoms with Crippen molar-refractivity contribution in [3.8, 4) is 0 Å². The van der Waals surface area contributed by atoms with Gasteiger partial charge < -0.3 is 10.1 Å². The number of aliphatic carboxylic acids is 1. The summed E-state index contributed by atoms with van der Waals surface area (Å²) < 4.78 is 0. The first-order valence-corrected chi connectivity index (χ1v) is 6.78. The molecule has 5 nitrogen and oxygen atoms in total. The lowest BCUT2D eigenvalue weighted by Crippen LogP contribution is -2.22. The van der Waals surface area contributed by atoms with Gasteiger partial charge >= 0.3 is 5.97 Å². The highest BCUT2D eigenvalue weighted by Gasteiger charge is 2.19. The molecule has 0 aliphatic carbocycles. The Balaban J connectivity index is 2.24. The smallest absolute Gasteiger partial charge is 0.328 e. The zero-order chi connectivity index (χ0) is 15.4. The molecule has 1 atom stereocenters. The van der Waals surface area contributed by atoms with Crippen molar-refractivity contribution in [3.63, 3.8) is 0 Å². The fraction of sp³-hybridized carbons (Fsp3) is 0.312. The van der Waals surface area contributed by atoms with Gasteiger partial charge in [0.25, 0.3) is 0 Å². The molecule has 0 saturated carbocycles. The minimum atomic E-state index is -0.983. The molecule has 0 bridgehead atoms. The summed E-state index contributed by atoms with van der Waals surface area (Å²) in [5, 5.41) is 10.3. The van der Waals surface area contributed by atoms with Gasteiger partial charge in [-0.2, -0.15) is 0 Å². The first kappa shape index (κ1) is 15.0. The van der Waals surface area contributed by atoms with Crippen LogP contribution in [0.25, 0.3) is 10.9 Å². The van der Waals surface area contributed by atoms with Gasteiger partial charge in [0.2, 0.25) is 0 Å². The molecule has 110 valence electrons. The number of aromatic amines is 1. The van der Waals surface area contributed by atoms with E-state index in [1.54, 1.807) is 6.92 Å². The highest BCUT2D eigenvalue weighted by atomic mass is 16.4. The van der Waals surface area contributed by atoms with Gasteiger partial charge in [-0.1, -0.05) is 18.2 Å². The van der Waals surface area contributed by atoms with Crippen molar-refractivity contribution in [1.82, 2.24) is 4.98 Å². The largest absolute Gasteiger partial charge is 0.480 e. The number of rotatable bonds is 6. The molecule has 21 heavy (non-hydrogen) atoms. The molecule has 0 aliphatic heterocycles. The van der Waals surface area contributed by atoms with Crippen LogP contribution in [0.15, 0.2) is 35.5 Å². The highest BCUT2D eigenvalue weighted by molar-refractivity contribution is 6.00. The van der Waals surface area contributed by atoms with E-state index in [2.05, 4.69) is 9.98 Å². The van der Waals surface area contributed by atoms with Gasteiger partial charge in [-0.05, 0) is 25.5 Å². The second kappa shape index (κ2) is 6.35. The number of carboxylic acids is 1. The Morgan fingerprint density at radius 1 is 1.29 bits per heavy atom. The van der Waals surface area contributed by atoms with Gasteiger partial charge in [0.05, 0.1) is 0 Å². The third kappa shape index (κ3) is 3.78. The monoisotopic (exact) mass is 286 g/mol. The summed E-state index contributed by atoms with van der Waals surface area (Å²) in [6, 6.07) is 6.86. The van der Waals surface area contributed by atoms with Gasteiger partial charge in [0.1, 0.15) is 5.78 Å². The third-order valence-electron chi connectivity index (χ3n) is 3.25. The predicted octanol–water partition coefficient (Wildman–Crippen LogP) is 2.60. The van der Waals surface area contributed by atoms with Crippen molar-refractivity contribution in [2.45, 2.75) is 32.7 Å². The van der Waals surface area contributed by atoms with Crippen molar-refractivity contribution >= 4 is 28.4 Å². The van der Waals surface area contributed by atoms with Gasteiger partial charge in [-0.3, -0.25) is 9.79 Å². The zero-order valence-corrected chi connectivity index (χ0v) is 12.1. The Bertz CT molecular complexity index is 700. The molecule has 5 heteroatoms. The number of Topliss-reactive ketones (excluding diaryl/α,β-unsaturated/α-hetero) is 1. The Morgan fingerprint density at radius 3 is 2.67 bits per heavy atom. The first-order chi connectivity index (χ1) is 9.97. The van der Waals surface area contributed by atoms with E-state index in [0.717, 1.165) is 16.5 Å². The molecule has 0 unspecified atom stereocenters. The van der Waals surface area contributed by atoms with Crippen molar-refractivity contribution in [2.24, 2.45) is 4.99 Å². The molecule has 0 fully saturated rings. The summed E-state index contributed by atoms with van der Waals surface area (Å²) >= 11 is 0. The predicted molar refractivity (Wildman–Crippen MR) is 81.8 cm³/mol. The molecule has 1 aromatic carbocycles. The van der Waals surface area contributed by atoms with E-state index in [0.29, 0.717) is 12.1 Å². The molecule has 1 aromatic heterocycles. The van der Waals surface area contributed by atoms with Crippen molar-refractivity contribution < 1.29 is 14.7 Å². The molecule has 2 rings (SSSR count). The van der Waals surface area contributed by atoms with Gasteiger partial charge in [0, 0.05) is 35.7 Å². The molecule has 2 N–H and O–H groups in total. The lowest BCUT2D eigenvalue weighted by Gasteiger charge is -2.08. The molecule has 0 aliphatic rings. The summed E-state index contributed by atoms with van der Waals surface area (Å²) in [6.45, 7) is 3.15. The van der Waals surface area contributed by atoms with Crippen LogP contribution in [0.5, 0.6) is 0 Å². The first-order valence-electron chi connectivity index (χ1n) is 6.78. The second-order valence-corrected chi connectivity index (χ2v) is 5.16. The number of fused-ring (bicyclic) bond motifs is 1. The number of hydrogen-bond acceptors (Lipinski definition) is 3. The van der Waals surface area contributed by atoms with E-state index in [-0.39, 0.29) is 12.2 Å².